The van der Waals surface area contributed by atoms with Crippen molar-refractivity contribution in [1.29, 1.82) is 0 Å². The molecule has 1 aromatic heterocycles. The molecule has 2 fully saturated rings. The Morgan fingerprint density at radius 1 is 1.04 bits per heavy atom. The largest absolute Gasteiger partial charge is 0.434 e. The Bertz CT molecular complexity index is 657. The highest BCUT2D eigenvalue weighted by Crippen LogP contribution is 2.28. The molecule has 3 heterocycles. The minimum absolute atomic E-state index is 0.0238. The molecule has 0 bridgehead atoms. The normalized spacial score (nSPS) is 20.5. The number of hydrogen-bond acceptors (Lipinski definition) is 5. The van der Waals surface area contributed by atoms with E-state index in [1.54, 1.807) is 0 Å². The lowest BCUT2D eigenvalue weighted by Crippen LogP contribution is -2.44. The number of carbonyl (C=O) groups is 1. The molecule has 0 N–H and O–H groups in total. The van der Waals surface area contributed by atoms with Crippen molar-refractivity contribution >= 4 is 11.7 Å². The van der Waals surface area contributed by atoms with Crippen molar-refractivity contribution < 1.29 is 18.0 Å². The first kappa shape index (κ1) is 20.8. The summed E-state index contributed by atoms with van der Waals surface area (Å²) in [6.07, 6.45) is -0.185. The van der Waals surface area contributed by atoms with Crippen LogP contribution in [-0.2, 0) is 11.0 Å². The summed E-state index contributed by atoms with van der Waals surface area (Å²) in [5.41, 5.74) is -0.988. The summed E-state index contributed by atoms with van der Waals surface area (Å²) in [5, 5.41) is 0. The number of piperidine rings is 1. The maximum Gasteiger partial charge on any atom is 0.434 e. The first-order valence-corrected chi connectivity index (χ1v) is 9.92. The van der Waals surface area contributed by atoms with Gasteiger partial charge in [-0.15, -0.1) is 0 Å². The number of hydrogen-bond donors (Lipinski definition) is 0. The van der Waals surface area contributed by atoms with Crippen LogP contribution in [0.2, 0.25) is 0 Å². The highest BCUT2D eigenvalue weighted by atomic mass is 19.4. The molecule has 0 saturated carbocycles. The molecule has 0 atom stereocenters. The minimum atomic E-state index is -4.48. The van der Waals surface area contributed by atoms with Crippen LogP contribution in [0, 0.1) is 5.92 Å². The molecule has 156 valence electrons. The Morgan fingerprint density at radius 3 is 2.32 bits per heavy atom. The second-order valence-corrected chi connectivity index (χ2v) is 7.83. The third-order valence-electron chi connectivity index (χ3n) is 5.67. The van der Waals surface area contributed by atoms with Crippen LogP contribution >= 0.6 is 0 Å². The molecule has 28 heavy (non-hydrogen) atoms. The molecular formula is C19H28F3N5O. The van der Waals surface area contributed by atoms with Crippen LogP contribution in [0.15, 0.2) is 12.4 Å². The highest BCUT2D eigenvalue weighted by molar-refractivity contribution is 5.79. The topological polar surface area (TPSA) is 52.6 Å². The Morgan fingerprint density at radius 2 is 1.75 bits per heavy atom. The molecule has 2 aliphatic heterocycles. The van der Waals surface area contributed by atoms with Crippen LogP contribution in [0.3, 0.4) is 0 Å². The van der Waals surface area contributed by atoms with Crippen molar-refractivity contribution in [2.24, 2.45) is 5.92 Å². The van der Waals surface area contributed by atoms with E-state index in [1.807, 2.05) is 9.80 Å². The smallest absolute Gasteiger partial charge is 0.355 e. The Labute approximate surface area is 163 Å². The summed E-state index contributed by atoms with van der Waals surface area (Å²) in [7, 11) is 0. The van der Waals surface area contributed by atoms with E-state index in [2.05, 4.69) is 28.7 Å². The van der Waals surface area contributed by atoms with Gasteiger partial charge in [-0.3, -0.25) is 9.69 Å². The van der Waals surface area contributed by atoms with E-state index in [0.29, 0.717) is 37.8 Å². The van der Waals surface area contributed by atoms with Crippen LogP contribution in [0.25, 0.3) is 0 Å². The van der Waals surface area contributed by atoms with Gasteiger partial charge in [-0.25, -0.2) is 9.97 Å². The molecular weight excluding hydrogens is 371 g/mol. The summed E-state index contributed by atoms with van der Waals surface area (Å²) in [6.45, 7) is 9.05. The average Bonchev–Trinajstić information content (AvgIpc) is 2.93. The van der Waals surface area contributed by atoms with Crippen molar-refractivity contribution in [2.45, 2.75) is 45.3 Å². The van der Waals surface area contributed by atoms with Crippen LogP contribution in [-0.4, -0.2) is 71.0 Å². The number of anilines is 1. The second-order valence-electron chi connectivity index (χ2n) is 7.83. The van der Waals surface area contributed by atoms with Crippen LogP contribution < -0.4 is 4.90 Å². The zero-order chi connectivity index (χ0) is 20.3. The van der Waals surface area contributed by atoms with Gasteiger partial charge in [-0.1, -0.05) is 0 Å². The molecule has 1 aromatic rings. The Hall–Kier alpha value is -1.90. The van der Waals surface area contributed by atoms with Crippen LogP contribution in [0.1, 0.15) is 38.8 Å². The molecule has 2 aliphatic rings. The van der Waals surface area contributed by atoms with E-state index < -0.39 is 11.9 Å². The fourth-order valence-corrected chi connectivity index (χ4v) is 3.92. The molecule has 0 radical (unpaired) electrons. The zero-order valence-corrected chi connectivity index (χ0v) is 16.5. The summed E-state index contributed by atoms with van der Waals surface area (Å²) in [6, 6.07) is 0.489. The predicted molar refractivity (Wildman–Crippen MR) is 99.9 cm³/mol. The number of aromatic nitrogens is 2. The molecule has 0 unspecified atom stereocenters. The highest BCUT2D eigenvalue weighted by Gasteiger charge is 2.34. The third-order valence-corrected chi connectivity index (χ3v) is 5.67. The van der Waals surface area contributed by atoms with Gasteiger partial charge in [0.05, 0.1) is 12.4 Å². The maximum atomic E-state index is 12.9. The molecule has 0 aliphatic carbocycles. The molecule has 1 amide bonds. The number of amides is 1. The van der Waals surface area contributed by atoms with Gasteiger partial charge < -0.3 is 9.80 Å². The fourth-order valence-electron chi connectivity index (χ4n) is 3.92. The van der Waals surface area contributed by atoms with Gasteiger partial charge in [0, 0.05) is 51.2 Å². The van der Waals surface area contributed by atoms with Crippen LogP contribution in [0.4, 0.5) is 19.0 Å². The summed E-state index contributed by atoms with van der Waals surface area (Å²) in [5.74, 6) is 0.620. The zero-order valence-electron chi connectivity index (χ0n) is 16.5. The van der Waals surface area contributed by atoms with E-state index in [9.17, 15) is 18.0 Å². The van der Waals surface area contributed by atoms with Crippen molar-refractivity contribution in [3.8, 4) is 0 Å². The SMILES string of the molecule is CC(C)N1CCCN(C(=O)C2CCN(c3cnc(C(F)(F)F)cn3)CC2)CC1. The fraction of sp³-hybridized carbons (Fsp3) is 0.737. The number of alkyl halides is 3. The van der Waals surface area contributed by atoms with E-state index >= 15 is 0 Å². The van der Waals surface area contributed by atoms with Gasteiger partial charge in [-0.05, 0) is 33.1 Å². The van der Waals surface area contributed by atoms with Crippen molar-refractivity contribution in [3.63, 3.8) is 0 Å². The summed E-state index contributed by atoms with van der Waals surface area (Å²) in [4.78, 5) is 26.6. The van der Waals surface area contributed by atoms with E-state index in [4.69, 9.17) is 0 Å². The Kier molecular flexibility index (Phi) is 6.42. The number of carbonyl (C=O) groups excluding carboxylic acids is 1. The van der Waals surface area contributed by atoms with Gasteiger partial charge in [0.25, 0.3) is 0 Å². The molecule has 2 saturated heterocycles. The van der Waals surface area contributed by atoms with E-state index in [0.717, 1.165) is 38.8 Å². The van der Waals surface area contributed by atoms with Gasteiger partial charge in [0.15, 0.2) is 5.69 Å². The summed E-state index contributed by atoms with van der Waals surface area (Å²) >= 11 is 0. The average molecular weight is 399 g/mol. The molecule has 6 nitrogen and oxygen atoms in total. The van der Waals surface area contributed by atoms with Crippen molar-refractivity contribution in [3.05, 3.63) is 18.1 Å². The van der Waals surface area contributed by atoms with Gasteiger partial charge in [0.1, 0.15) is 5.82 Å². The molecule has 3 rings (SSSR count). The van der Waals surface area contributed by atoms with E-state index in [1.165, 1.54) is 6.20 Å². The lowest BCUT2D eigenvalue weighted by atomic mass is 9.95. The summed E-state index contributed by atoms with van der Waals surface area (Å²) < 4.78 is 37.8. The quantitative estimate of drug-likeness (QED) is 0.782. The number of nitrogens with zero attached hydrogens (tertiary/aromatic N) is 5. The first-order valence-electron chi connectivity index (χ1n) is 9.92. The van der Waals surface area contributed by atoms with Gasteiger partial charge in [-0.2, -0.15) is 13.2 Å². The van der Waals surface area contributed by atoms with Crippen molar-refractivity contribution in [1.82, 2.24) is 19.8 Å². The second kappa shape index (κ2) is 8.63. The molecule has 9 heteroatoms. The van der Waals surface area contributed by atoms with Gasteiger partial charge >= 0.3 is 6.18 Å². The van der Waals surface area contributed by atoms with Gasteiger partial charge in [0.2, 0.25) is 5.91 Å². The number of rotatable bonds is 3. The molecule has 0 spiro atoms. The Balaban J connectivity index is 1.53. The lowest BCUT2D eigenvalue weighted by Gasteiger charge is -2.34. The van der Waals surface area contributed by atoms with Crippen LogP contribution in [0.5, 0.6) is 0 Å². The van der Waals surface area contributed by atoms with E-state index in [-0.39, 0.29) is 11.8 Å². The lowest BCUT2D eigenvalue weighted by molar-refractivity contribution is -0.141. The standard InChI is InChI=1S/C19H28F3N5O/c1-14(2)25-6-3-7-27(11-10-25)18(28)15-4-8-26(9-5-15)17-13-23-16(12-24-17)19(20,21)22/h12-15H,3-11H2,1-2H3. The van der Waals surface area contributed by atoms with Crippen molar-refractivity contribution in [2.75, 3.05) is 44.2 Å². The predicted octanol–water partition coefficient (Wildman–Crippen LogP) is 2.65. The maximum absolute atomic E-state index is 12.9. The molecule has 0 aromatic carbocycles. The first-order chi connectivity index (χ1) is 13.3. The monoisotopic (exact) mass is 399 g/mol. The minimum Gasteiger partial charge on any atom is -0.355 e. The third kappa shape index (κ3) is 4.92. The number of halogens is 3.